The van der Waals surface area contributed by atoms with Gasteiger partial charge in [-0.05, 0) is 30.5 Å². The summed E-state index contributed by atoms with van der Waals surface area (Å²) in [5.74, 6) is -0.379. The molecule has 114 valence electrons. The molecular formula is C12H15ClF3NO2S. The lowest BCUT2D eigenvalue weighted by atomic mass is 10.1. The summed E-state index contributed by atoms with van der Waals surface area (Å²) in [6.07, 6.45) is -4.52. The highest BCUT2D eigenvalue weighted by atomic mass is 35.5. The van der Waals surface area contributed by atoms with Crippen LogP contribution in [0, 0.1) is 12.8 Å². The highest BCUT2D eigenvalue weighted by Gasteiger charge is 2.32. The zero-order valence-electron chi connectivity index (χ0n) is 11.0. The SMILES string of the molecule is Cc1ccc(NS(=O)(=O)CC(C)CCl)cc1C(F)(F)F. The van der Waals surface area contributed by atoms with Gasteiger partial charge in [-0.25, -0.2) is 8.42 Å². The second-order valence-corrected chi connectivity index (χ2v) is 6.75. The predicted octanol–water partition coefficient (Wildman–Crippen LogP) is 3.63. The van der Waals surface area contributed by atoms with Crippen LogP contribution in [0.15, 0.2) is 18.2 Å². The molecular weight excluding hydrogens is 315 g/mol. The average molecular weight is 330 g/mol. The molecule has 1 aromatic rings. The van der Waals surface area contributed by atoms with Crippen molar-refractivity contribution in [1.82, 2.24) is 0 Å². The van der Waals surface area contributed by atoms with Gasteiger partial charge >= 0.3 is 6.18 Å². The molecule has 1 unspecified atom stereocenters. The van der Waals surface area contributed by atoms with Crippen molar-refractivity contribution in [1.29, 1.82) is 0 Å². The molecule has 20 heavy (non-hydrogen) atoms. The van der Waals surface area contributed by atoms with E-state index in [9.17, 15) is 21.6 Å². The minimum atomic E-state index is -4.52. The Balaban J connectivity index is 3.00. The van der Waals surface area contributed by atoms with Crippen molar-refractivity contribution in [3.63, 3.8) is 0 Å². The number of halogens is 4. The van der Waals surface area contributed by atoms with Crippen LogP contribution in [0.4, 0.5) is 18.9 Å². The van der Waals surface area contributed by atoms with E-state index in [-0.39, 0.29) is 28.8 Å². The Morgan fingerprint density at radius 3 is 2.45 bits per heavy atom. The first-order valence-corrected chi connectivity index (χ1v) is 7.98. The number of anilines is 1. The summed E-state index contributed by atoms with van der Waals surface area (Å²) in [5, 5.41) is 0. The fourth-order valence-electron chi connectivity index (χ4n) is 1.63. The summed E-state index contributed by atoms with van der Waals surface area (Å²) in [5.41, 5.74) is -0.928. The van der Waals surface area contributed by atoms with Gasteiger partial charge in [0.1, 0.15) is 0 Å². The molecule has 1 aromatic carbocycles. The monoisotopic (exact) mass is 329 g/mol. The molecule has 0 bridgehead atoms. The van der Waals surface area contributed by atoms with E-state index >= 15 is 0 Å². The van der Waals surface area contributed by atoms with Crippen LogP contribution in [0.5, 0.6) is 0 Å². The molecule has 0 saturated heterocycles. The maximum Gasteiger partial charge on any atom is 0.416 e. The number of alkyl halides is 4. The van der Waals surface area contributed by atoms with Crippen molar-refractivity contribution in [2.45, 2.75) is 20.0 Å². The van der Waals surface area contributed by atoms with Crippen LogP contribution >= 0.6 is 11.6 Å². The second kappa shape index (κ2) is 6.22. The van der Waals surface area contributed by atoms with Crippen LogP contribution in [0.2, 0.25) is 0 Å². The zero-order chi connectivity index (χ0) is 15.6. The van der Waals surface area contributed by atoms with Crippen molar-refractivity contribution in [2.24, 2.45) is 5.92 Å². The minimum absolute atomic E-state index is 0.0366. The fourth-order valence-corrected chi connectivity index (χ4v) is 3.31. The van der Waals surface area contributed by atoms with E-state index in [4.69, 9.17) is 11.6 Å². The summed E-state index contributed by atoms with van der Waals surface area (Å²) in [7, 11) is -3.72. The Hall–Kier alpha value is -0.950. The third-order valence-corrected chi connectivity index (χ3v) is 4.67. The van der Waals surface area contributed by atoms with E-state index < -0.39 is 21.8 Å². The van der Waals surface area contributed by atoms with Crippen LogP contribution in [-0.2, 0) is 16.2 Å². The number of hydrogen-bond acceptors (Lipinski definition) is 2. The Bertz CT molecular complexity index is 573. The van der Waals surface area contributed by atoms with Gasteiger partial charge in [-0.3, -0.25) is 4.72 Å². The van der Waals surface area contributed by atoms with Gasteiger partial charge in [-0.15, -0.1) is 11.6 Å². The number of rotatable bonds is 5. The molecule has 0 aliphatic heterocycles. The van der Waals surface area contributed by atoms with Crippen LogP contribution in [0.3, 0.4) is 0 Å². The van der Waals surface area contributed by atoms with Crippen molar-refractivity contribution >= 4 is 27.3 Å². The van der Waals surface area contributed by atoms with Gasteiger partial charge in [0.05, 0.1) is 11.3 Å². The Morgan fingerprint density at radius 2 is 1.95 bits per heavy atom. The van der Waals surface area contributed by atoms with Gasteiger partial charge in [-0.2, -0.15) is 13.2 Å². The molecule has 0 aromatic heterocycles. The van der Waals surface area contributed by atoms with Gasteiger partial charge in [0.15, 0.2) is 0 Å². The third-order valence-electron chi connectivity index (χ3n) is 2.58. The fraction of sp³-hybridized carbons (Fsp3) is 0.500. The maximum atomic E-state index is 12.7. The molecule has 0 spiro atoms. The summed E-state index contributed by atoms with van der Waals surface area (Å²) in [4.78, 5) is 0. The topological polar surface area (TPSA) is 46.2 Å². The molecule has 0 radical (unpaired) electrons. The highest BCUT2D eigenvalue weighted by molar-refractivity contribution is 7.92. The zero-order valence-corrected chi connectivity index (χ0v) is 12.5. The molecule has 0 saturated carbocycles. The van der Waals surface area contributed by atoms with E-state index in [0.29, 0.717) is 0 Å². The molecule has 0 fully saturated rings. The van der Waals surface area contributed by atoms with Gasteiger partial charge in [0.25, 0.3) is 0 Å². The lowest BCUT2D eigenvalue weighted by Crippen LogP contribution is -2.22. The minimum Gasteiger partial charge on any atom is -0.284 e. The molecule has 1 N–H and O–H groups in total. The van der Waals surface area contributed by atoms with Gasteiger partial charge in [0.2, 0.25) is 10.0 Å². The van der Waals surface area contributed by atoms with E-state index in [2.05, 4.69) is 4.72 Å². The number of nitrogens with one attached hydrogen (secondary N) is 1. The van der Waals surface area contributed by atoms with Gasteiger partial charge in [-0.1, -0.05) is 13.0 Å². The van der Waals surface area contributed by atoms with Crippen LogP contribution in [0.1, 0.15) is 18.1 Å². The van der Waals surface area contributed by atoms with E-state index in [0.717, 1.165) is 6.07 Å². The molecule has 1 rings (SSSR count). The van der Waals surface area contributed by atoms with Gasteiger partial charge < -0.3 is 0 Å². The lowest BCUT2D eigenvalue weighted by Gasteiger charge is -2.14. The molecule has 0 aliphatic carbocycles. The second-order valence-electron chi connectivity index (χ2n) is 4.67. The first-order chi connectivity index (χ1) is 9.05. The molecule has 0 heterocycles. The van der Waals surface area contributed by atoms with Crippen LogP contribution < -0.4 is 4.72 Å². The molecule has 3 nitrogen and oxygen atoms in total. The Morgan fingerprint density at radius 1 is 1.35 bits per heavy atom. The van der Waals surface area contributed by atoms with E-state index in [1.54, 1.807) is 6.92 Å². The average Bonchev–Trinajstić information content (AvgIpc) is 2.29. The Kier molecular flexibility index (Phi) is 5.32. The van der Waals surface area contributed by atoms with Crippen molar-refractivity contribution < 1.29 is 21.6 Å². The van der Waals surface area contributed by atoms with Crippen molar-refractivity contribution in [3.8, 4) is 0 Å². The third kappa shape index (κ3) is 4.86. The van der Waals surface area contributed by atoms with Crippen LogP contribution in [0.25, 0.3) is 0 Å². The largest absolute Gasteiger partial charge is 0.416 e. The number of aryl methyl sites for hydroxylation is 1. The number of hydrogen-bond donors (Lipinski definition) is 1. The smallest absolute Gasteiger partial charge is 0.284 e. The molecule has 0 aliphatic rings. The quantitative estimate of drug-likeness (QED) is 0.838. The number of sulfonamides is 1. The molecule has 1 atom stereocenters. The summed E-state index contributed by atoms with van der Waals surface area (Å²) in [6, 6.07) is 3.32. The van der Waals surface area contributed by atoms with E-state index in [1.165, 1.54) is 19.1 Å². The standard InChI is InChI=1S/C12H15ClF3NO2S/c1-8(6-13)7-20(18,19)17-10-4-3-9(2)11(5-10)12(14,15)16/h3-5,8,17H,6-7H2,1-2H3. The van der Waals surface area contributed by atoms with Gasteiger partial charge in [0, 0.05) is 11.6 Å². The molecule has 0 amide bonds. The predicted molar refractivity (Wildman–Crippen MR) is 73.5 cm³/mol. The summed E-state index contributed by atoms with van der Waals surface area (Å²) >= 11 is 5.53. The summed E-state index contributed by atoms with van der Waals surface area (Å²) in [6.45, 7) is 2.96. The van der Waals surface area contributed by atoms with Crippen molar-refractivity contribution in [2.75, 3.05) is 16.4 Å². The van der Waals surface area contributed by atoms with Crippen LogP contribution in [-0.4, -0.2) is 20.1 Å². The first kappa shape index (κ1) is 17.1. The highest BCUT2D eigenvalue weighted by Crippen LogP contribution is 2.33. The lowest BCUT2D eigenvalue weighted by molar-refractivity contribution is -0.138. The summed E-state index contributed by atoms with van der Waals surface area (Å²) < 4.78 is 63.9. The Labute approximate surface area is 121 Å². The normalized spacial score (nSPS) is 14.1. The first-order valence-electron chi connectivity index (χ1n) is 5.79. The number of benzene rings is 1. The maximum absolute atomic E-state index is 12.7. The van der Waals surface area contributed by atoms with Crippen molar-refractivity contribution in [3.05, 3.63) is 29.3 Å². The van der Waals surface area contributed by atoms with E-state index in [1.807, 2.05) is 0 Å². The molecule has 8 heteroatoms.